The lowest BCUT2D eigenvalue weighted by molar-refractivity contribution is -0.125. The van der Waals surface area contributed by atoms with Crippen LogP contribution in [0.2, 0.25) is 0 Å². The minimum absolute atomic E-state index is 0.0731. The van der Waals surface area contributed by atoms with Gasteiger partial charge < -0.3 is 10.4 Å². The predicted octanol–water partition coefficient (Wildman–Crippen LogP) is -2.01. The van der Waals surface area contributed by atoms with E-state index in [0.717, 1.165) is 0 Å². The van der Waals surface area contributed by atoms with Crippen molar-refractivity contribution in [2.75, 3.05) is 19.8 Å². The summed E-state index contributed by atoms with van der Waals surface area (Å²) in [4.78, 5) is 14.4. The van der Waals surface area contributed by atoms with E-state index in [1.807, 2.05) is 0 Å². The van der Waals surface area contributed by atoms with E-state index < -0.39 is 0 Å². The molecule has 4 N–H and O–H groups in total. The smallest absolute Gasteiger partial charge is 0.248 e. The molecule has 0 heterocycles. The van der Waals surface area contributed by atoms with Crippen molar-refractivity contribution >= 4 is 5.91 Å². The molecule has 0 spiro atoms. The predicted molar refractivity (Wildman–Crippen MR) is 30.2 cm³/mol. The van der Waals surface area contributed by atoms with Crippen LogP contribution in [0.5, 0.6) is 0 Å². The Kier molecular flexibility index (Phi) is 5.09. The fraction of sp³-hybridized carbons (Fsp3) is 0.750. The third-order valence-corrected chi connectivity index (χ3v) is 0.648. The van der Waals surface area contributed by atoms with Gasteiger partial charge in [0.05, 0.1) is 6.61 Å². The Hall–Kier alpha value is -0.650. The van der Waals surface area contributed by atoms with Gasteiger partial charge in [0.2, 0.25) is 5.91 Å². The van der Waals surface area contributed by atoms with Crippen LogP contribution in [0.15, 0.2) is 0 Å². The molecule has 1 amide bonds. The van der Waals surface area contributed by atoms with E-state index in [-0.39, 0.29) is 25.7 Å². The molecule has 0 aromatic rings. The third kappa shape index (κ3) is 5.22. The normalized spacial score (nSPS) is 9.11. The Morgan fingerprint density at radius 2 is 2.44 bits per heavy atom. The van der Waals surface area contributed by atoms with E-state index in [1.165, 1.54) is 0 Å². The van der Waals surface area contributed by atoms with Crippen molar-refractivity contribution in [3.05, 3.63) is 0 Å². The highest BCUT2D eigenvalue weighted by Gasteiger charge is 1.95. The summed E-state index contributed by atoms with van der Waals surface area (Å²) in [6, 6.07) is 0. The molecule has 0 aliphatic rings. The van der Waals surface area contributed by atoms with Gasteiger partial charge in [-0.25, -0.2) is 5.90 Å². The van der Waals surface area contributed by atoms with Crippen LogP contribution in [0.3, 0.4) is 0 Å². The van der Waals surface area contributed by atoms with Crippen molar-refractivity contribution < 1.29 is 14.7 Å². The van der Waals surface area contributed by atoms with Gasteiger partial charge in [0.1, 0.15) is 6.61 Å². The molecular formula is C4H10N2O3. The average Bonchev–Trinajstić information content (AvgIpc) is 1.85. The van der Waals surface area contributed by atoms with Crippen LogP contribution in [0.4, 0.5) is 0 Å². The van der Waals surface area contributed by atoms with Gasteiger partial charge in [-0.05, 0) is 0 Å². The van der Waals surface area contributed by atoms with Gasteiger partial charge in [0, 0.05) is 6.54 Å². The van der Waals surface area contributed by atoms with E-state index >= 15 is 0 Å². The number of amides is 1. The summed E-state index contributed by atoms with van der Waals surface area (Å²) in [5.74, 6) is 4.25. The number of carbonyl (C=O) groups is 1. The van der Waals surface area contributed by atoms with Crippen LogP contribution in [0.25, 0.3) is 0 Å². The third-order valence-electron chi connectivity index (χ3n) is 0.648. The average molecular weight is 134 g/mol. The first-order valence-electron chi connectivity index (χ1n) is 2.50. The molecule has 0 saturated heterocycles. The fourth-order valence-corrected chi connectivity index (χ4v) is 0.322. The molecule has 0 radical (unpaired) electrons. The first kappa shape index (κ1) is 8.35. The Labute approximate surface area is 52.7 Å². The standard InChI is InChI=1S/C4H10N2O3/c5-9-3-4(8)6-1-2-7/h7H,1-3,5H2,(H,6,8). The second kappa shape index (κ2) is 5.49. The van der Waals surface area contributed by atoms with Gasteiger partial charge in [0.15, 0.2) is 0 Å². The molecule has 0 aliphatic carbocycles. The molecule has 9 heavy (non-hydrogen) atoms. The molecule has 0 rings (SSSR count). The Morgan fingerprint density at radius 1 is 1.78 bits per heavy atom. The number of nitrogens with one attached hydrogen (secondary N) is 1. The van der Waals surface area contributed by atoms with E-state index in [4.69, 9.17) is 5.11 Å². The molecule has 0 aromatic carbocycles. The van der Waals surface area contributed by atoms with Crippen molar-refractivity contribution in [2.24, 2.45) is 5.90 Å². The zero-order valence-corrected chi connectivity index (χ0v) is 4.96. The fourth-order valence-electron chi connectivity index (χ4n) is 0.322. The molecule has 54 valence electrons. The Morgan fingerprint density at radius 3 is 2.89 bits per heavy atom. The molecule has 0 fully saturated rings. The minimum atomic E-state index is -0.327. The maximum Gasteiger partial charge on any atom is 0.248 e. The Balaban J connectivity index is 3.06. The maximum absolute atomic E-state index is 10.4. The summed E-state index contributed by atoms with van der Waals surface area (Å²) in [5, 5.41) is 10.5. The van der Waals surface area contributed by atoms with Crippen molar-refractivity contribution in [1.29, 1.82) is 0 Å². The van der Waals surface area contributed by atoms with Gasteiger partial charge in [-0.2, -0.15) is 0 Å². The van der Waals surface area contributed by atoms with Crippen molar-refractivity contribution in [1.82, 2.24) is 5.32 Å². The summed E-state index contributed by atoms with van der Waals surface area (Å²) in [6.45, 7) is -0.00148. The maximum atomic E-state index is 10.4. The number of aliphatic hydroxyl groups is 1. The molecule has 5 heteroatoms. The lowest BCUT2D eigenvalue weighted by atomic mass is 10.6. The first-order chi connectivity index (χ1) is 4.31. The molecule has 0 aliphatic heterocycles. The van der Waals surface area contributed by atoms with Crippen LogP contribution in [-0.4, -0.2) is 30.8 Å². The minimum Gasteiger partial charge on any atom is -0.395 e. The van der Waals surface area contributed by atoms with Gasteiger partial charge in [-0.3, -0.25) is 9.63 Å². The van der Waals surface area contributed by atoms with E-state index in [0.29, 0.717) is 0 Å². The molecular weight excluding hydrogens is 124 g/mol. The SMILES string of the molecule is NOCC(=O)NCCO. The number of hydrogen-bond acceptors (Lipinski definition) is 4. The van der Waals surface area contributed by atoms with Gasteiger partial charge in [-0.15, -0.1) is 0 Å². The van der Waals surface area contributed by atoms with Crippen LogP contribution in [-0.2, 0) is 9.63 Å². The van der Waals surface area contributed by atoms with Crippen molar-refractivity contribution in [3.63, 3.8) is 0 Å². The van der Waals surface area contributed by atoms with Crippen LogP contribution in [0.1, 0.15) is 0 Å². The lowest BCUT2D eigenvalue weighted by Crippen LogP contribution is -2.30. The summed E-state index contributed by atoms with van der Waals surface area (Å²) < 4.78 is 0. The molecule has 0 bridgehead atoms. The number of nitrogens with two attached hydrogens (primary N) is 1. The molecule has 0 atom stereocenters. The number of hydrogen-bond donors (Lipinski definition) is 3. The number of rotatable bonds is 4. The molecule has 0 unspecified atom stereocenters. The summed E-state index contributed by atoms with van der Waals surface area (Å²) in [6.07, 6.45) is 0. The summed E-state index contributed by atoms with van der Waals surface area (Å²) in [5.41, 5.74) is 0. The summed E-state index contributed by atoms with van der Waals surface area (Å²) in [7, 11) is 0. The van der Waals surface area contributed by atoms with Crippen LogP contribution in [0, 0.1) is 0 Å². The highest BCUT2D eigenvalue weighted by molar-refractivity contribution is 5.77. The van der Waals surface area contributed by atoms with E-state index in [2.05, 4.69) is 16.1 Å². The highest BCUT2D eigenvalue weighted by atomic mass is 16.6. The quantitative estimate of drug-likeness (QED) is 0.388. The van der Waals surface area contributed by atoms with Crippen LogP contribution < -0.4 is 11.2 Å². The molecule has 5 nitrogen and oxygen atoms in total. The van der Waals surface area contributed by atoms with Gasteiger partial charge in [0.25, 0.3) is 0 Å². The second-order valence-corrected chi connectivity index (χ2v) is 1.38. The topological polar surface area (TPSA) is 84.6 Å². The zero-order chi connectivity index (χ0) is 7.11. The number of aliphatic hydroxyl groups excluding tert-OH is 1. The lowest BCUT2D eigenvalue weighted by Gasteiger charge is -1.99. The highest BCUT2D eigenvalue weighted by Crippen LogP contribution is 1.64. The van der Waals surface area contributed by atoms with Gasteiger partial charge >= 0.3 is 0 Å². The van der Waals surface area contributed by atoms with E-state index in [1.54, 1.807) is 0 Å². The second-order valence-electron chi connectivity index (χ2n) is 1.38. The summed E-state index contributed by atoms with van der Waals surface area (Å²) >= 11 is 0. The largest absolute Gasteiger partial charge is 0.395 e. The zero-order valence-electron chi connectivity index (χ0n) is 4.96. The molecule has 0 aromatic heterocycles. The van der Waals surface area contributed by atoms with E-state index in [9.17, 15) is 4.79 Å². The van der Waals surface area contributed by atoms with Crippen molar-refractivity contribution in [2.45, 2.75) is 0 Å². The molecule has 0 saturated carbocycles. The van der Waals surface area contributed by atoms with Gasteiger partial charge in [-0.1, -0.05) is 0 Å². The van der Waals surface area contributed by atoms with Crippen molar-refractivity contribution in [3.8, 4) is 0 Å². The number of carbonyl (C=O) groups excluding carboxylic acids is 1. The first-order valence-corrected chi connectivity index (χ1v) is 2.50. The monoisotopic (exact) mass is 134 g/mol. The Bertz CT molecular complexity index is 85.9. The van der Waals surface area contributed by atoms with Crippen LogP contribution >= 0.6 is 0 Å².